The van der Waals surface area contributed by atoms with E-state index in [9.17, 15) is 9.90 Å². The minimum absolute atomic E-state index is 0.157. The molecule has 0 spiro atoms. The molecule has 0 radical (unpaired) electrons. The molecule has 1 saturated heterocycles. The van der Waals surface area contributed by atoms with E-state index in [-0.39, 0.29) is 5.69 Å². The average molecular weight is 449 g/mol. The van der Waals surface area contributed by atoms with Gasteiger partial charge in [0.05, 0.1) is 36.4 Å². The molecule has 1 aliphatic heterocycles. The van der Waals surface area contributed by atoms with Gasteiger partial charge in [-0.3, -0.25) is 0 Å². The van der Waals surface area contributed by atoms with Crippen molar-refractivity contribution in [2.75, 3.05) is 31.6 Å². The van der Waals surface area contributed by atoms with E-state index in [0.717, 1.165) is 28.9 Å². The van der Waals surface area contributed by atoms with Gasteiger partial charge in [0.2, 0.25) is 0 Å². The van der Waals surface area contributed by atoms with Crippen molar-refractivity contribution in [2.24, 2.45) is 0 Å². The molecule has 1 fully saturated rings. The lowest BCUT2D eigenvalue weighted by Gasteiger charge is -2.45. The lowest BCUT2D eigenvalue weighted by Crippen LogP contribution is -2.59. The molecule has 0 aliphatic carbocycles. The highest BCUT2D eigenvalue weighted by molar-refractivity contribution is 5.86. The van der Waals surface area contributed by atoms with Gasteiger partial charge < -0.3 is 20.1 Å². The highest BCUT2D eigenvalue weighted by atomic mass is 16.5. The molecule has 0 amide bonds. The predicted molar refractivity (Wildman–Crippen MR) is 123 cm³/mol. The summed E-state index contributed by atoms with van der Waals surface area (Å²) in [5.74, 6) is 0.112. The van der Waals surface area contributed by atoms with Gasteiger partial charge >= 0.3 is 5.97 Å². The van der Waals surface area contributed by atoms with Crippen molar-refractivity contribution >= 4 is 11.8 Å². The quantitative estimate of drug-likeness (QED) is 0.566. The second-order valence-electron chi connectivity index (χ2n) is 8.35. The van der Waals surface area contributed by atoms with Crippen LogP contribution in [0.15, 0.2) is 42.7 Å². The molecule has 1 aromatic carbocycles. The Morgan fingerprint density at radius 3 is 2.58 bits per heavy atom. The summed E-state index contributed by atoms with van der Waals surface area (Å²) in [5, 5.41) is 23.4. The van der Waals surface area contributed by atoms with Crippen molar-refractivity contribution in [3.8, 4) is 0 Å². The number of carbonyl (C=O) groups excluding carboxylic acids is 1. The molecule has 0 bridgehead atoms. The fraction of sp³-hybridized carbons (Fsp3) is 0.375. The first-order valence-corrected chi connectivity index (χ1v) is 10.8. The number of nitrogens with zero attached hydrogens (tertiary/aromatic N) is 5. The maximum Gasteiger partial charge on any atom is 0.358 e. The van der Waals surface area contributed by atoms with Gasteiger partial charge in [0, 0.05) is 19.6 Å². The van der Waals surface area contributed by atoms with Gasteiger partial charge in [0.1, 0.15) is 11.9 Å². The zero-order chi connectivity index (χ0) is 23.6. The molecule has 2 atom stereocenters. The van der Waals surface area contributed by atoms with Crippen LogP contribution in [-0.2, 0) is 10.3 Å². The van der Waals surface area contributed by atoms with Gasteiger partial charge in [0.15, 0.2) is 5.69 Å². The number of carbonyl (C=O) groups is 1. The standard InChI is InChI=1S/C24H28N6O3/c1-15-16(2)22(29-28-20(15)21(31)17-8-6-5-7-9-17)24(3)14-25-10-11-30(24)19-13-26-18(12-27-19)23(32)33-4/h5-9,12-13,21,25,31H,10-11,14H2,1-4H3. The van der Waals surface area contributed by atoms with Crippen LogP contribution in [0.25, 0.3) is 0 Å². The Morgan fingerprint density at radius 2 is 1.91 bits per heavy atom. The molecule has 3 aromatic rings. The lowest BCUT2D eigenvalue weighted by molar-refractivity contribution is 0.0593. The molecule has 2 N–H and O–H groups in total. The lowest BCUT2D eigenvalue weighted by atomic mass is 9.87. The van der Waals surface area contributed by atoms with Gasteiger partial charge in [-0.1, -0.05) is 30.3 Å². The minimum atomic E-state index is -0.850. The molecule has 33 heavy (non-hydrogen) atoms. The maximum atomic E-state index is 11.7. The number of hydrogen-bond donors (Lipinski definition) is 2. The number of aliphatic hydroxyl groups excluding tert-OH is 1. The molecule has 9 nitrogen and oxygen atoms in total. The van der Waals surface area contributed by atoms with E-state index in [1.54, 1.807) is 6.20 Å². The zero-order valence-corrected chi connectivity index (χ0v) is 19.2. The van der Waals surface area contributed by atoms with Crippen molar-refractivity contribution in [3.05, 3.63) is 76.5 Å². The Hall–Kier alpha value is -3.43. The van der Waals surface area contributed by atoms with Gasteiger partial charge in [-0.05, 0) is 37.5 Å². The molecule has 2 unspecified atom stereocenters. The summed E-state index contributed by atoms with van der Waals surface area (Å²) in [6, 6.07) is 9.44. The van der Waals surface area contributed by atoms with E-state index in [0.29, 0.717) is 24.6 Å². The molecule has 1 aliphatic rings. The van der Waals surface area contributed by atoms with E-state index < -0.39 is 17.6 Å². The van der Waals surface area contributed by atoms with Crippen LogP contribution in [0.5, 0.6) is 0 Å². The summed E-state index contributed by atoms with van der Waals surface area (Å²) < 4.78 is 4.72. The number of rotatable bonds is 5. The molecule has 9 heteroatoms. The first kappa shape index (κ1) is 22.8. The Bertz CT molecular complexity index is 1140. The third kappa shape index (κ3) is 4.17. The second kappa shape index (κ2) is 9.21. The van der Waals surface area contributed by atoms with Crippen LogP contribution in [0.2, 0.25) is 0 Å². The Kier molecular flexibility index (Phi) is 6.35. The van der Waals surface area contributed by atoms with Crippen molar-refractivity contribution in [1.82, 2.24) is 25.5 Å². The number of aromatic nitrogens is 4. The number of ether oxygens (including phenoxy) is 1. The molecular weight excluding hydrogens is 420 g/mol. The molecule has 2 aromatic heterocycles. The highest BCUT2D eigenvalue weighted by Gasteiger charge is 2.40. The van der Waals surface area contributed by atoms with E-state index in [2.05, 4.69) is 37.3 Å². The number of esters is 1. The van der Waals surface area contributed by atoms with Crippen LogP contribution in [0.3, 0.4) is 0 Å². The van der Waals surface area contributed by atoms with Crippen LogP contribution >= 0.6 is 0 Å². The van der Waals surface area contributed by atoms with Gasteiger partial charge in [-0.15, -0.1) is 0 Å². The van der Waals surface area contributed by atoms with Crippen LogP contribution in [0, 0.1) is 13.8 Å². The van der Waals surface area contributed by atoms with Crippen LogP contribution in [-0.4, -0.2) is 58.0 Å². The smallest absolute Gasteiger partial charge is 0.358 e. The summed E-state index contributed by atoms with van der Waals surface area (Å²) in [7, 11) is 1.31. The number of piperazine rings is 1. The van der Waals surface area contributed by atoms with E-state index in [4.69, 9.17) is 4.74 Å². The van der Waals surface area contributed by atoms with Gasteiger partial charge in [-0.25, -0.2) is 14.8 Å². The maximum absolute atomic E-state index is 11.7. The number of hydrogen-bond acceptors (Lipinski definition) is 9. The third-order valence-corrected chi connectivity index (χ3v) is 6.33. The van der Waals surface area contributed by atoms with Crippen LogP contribution in [0.4, 0.5) is 5.82 Å². The molecular formula is C24H28N6O3. The molecule has 4 rings (SSSR count). The third-order valence-electron chi connectivity index (χ3n) is 6.33. The first-order valence-electron chi connectivity index (χ1n) is 10.8. The summed E-state index contributed by atoms with van der Waals surface area (Å²) in [6.45, 7) is 8.12. The van der Waals surface area contributed by atoms with Crippen LogP contribution in [0.1, 0.15) is 51.6 Å². The van der Waals surface area contributed by atoms with E-state index in [1.165, 1.54) is 13.3 Å². The second-order valence-corrected chi connectivity index (χ2v) is 8.35. The minimum Gasteiger partial charge on any atom is -0.464 e. The summed E-state index contributed by atoms with van der Waals surface area (Å²) in [5.41, 5.74) is 3.58. The largest absolute Gasteiger partial charge is 0.464 e. The van der Waals surface area contributed by atoms with Gasteiger partial charge in [-0.2, -0.15) is 10.2 Å². The summed E-state index contributed by atoms with van der Waals surface area (Å²) >= 11 is 0. The molecule has 0 saturated carbocycles. The predicted octanol–water partition coefficient (Wildman–Crippen LogP) is 2.08. The zero-order valence-electron chi connectivity index (χ0n) is 19.2. The molecule has 3 heterocycles. The van der Waals surface area contributed by atoms with Crippen molar-refractivity contribution in [3.63, 3.8) is 0 Å². The number of benzene rings is 1. The average Bonchev–Trinajstić information content (AvgIpc) is 2.85. The fourth-order valence-electron chi connectivity index (χ4n) is 4.30. The fourth-order valence-corrected chi connectivity index (χ4v) is 4.30. The van der Waals surface area contributed by atoms with Crippen LogP contribution < -0.4 is 10.2 Å². The summed E-state index contributed by atoms with van der Waals surface area (Å²) in [4.78, 5) is 22.6. The highest BCUT2D eigenvalue weighted by Crippen LogP contribution is 2.35. The monoisotopic (exact) mass is 448 g/mol. The number of aliphatic hydroxyl groups is 1. The number of methoxy groups -OCH3 is 1. The summed E-state index contributed by atoms with van der Waals surface area (Å²) in [6.07, 6.45) is 2.16. The topological polar surface area (TPSA) is 113 Å². The number of nitrogens with one attached hydrogen (secondary N) is 1. The normalized spacial score (nSPS) is 19.2. The SMILES string of the molecule is COC(=O)c1cnc(N2CCNCC2(C)c2nnc(C(O)c3ccccc3)c(C)c2C)cn1. The molecule has 172 valence electrons. The number of anilines is 1. The Balaban J connectivity index is 1.71. The van der Waals surface area contributed by atoms with Crippen molar-refractivity contribution < 1.29 is 14.6 Å². The van der Waals surface area contributed by atoms with Crippen molar-refractivity contribution in [1.29, 1.82) is 0 Å². The Labute approximate surface area is 192 Å². The van der Waals surface area contributed by atoms with Gasteiger partial charge in [0.25, 0.3) is 0 Å². The van der Waals surface area contributed by atoms with E-state index in [1.807, 2.05) is 44.2 Å². The Morgan fingerprint density at radius 1 is 1.15 bits per heavy atom. The van der Waals surface area contributed by atoms with E-state index >= 15 is 0 Å². The first-order chi connectivity index (χ1) is 15.9. The van der Waals surface area contributed by atoms with Crippen molar-refractivity contribution in [2.45, 2.75) is 32.4 Å².